The van der Waals surface area contributed by atoms with Crippen molar-refractivity contribution >= 4 is 22.8 Å². The number of methoxy groups -OCH3 is 1. The number of carbonyl (C=O) groups is 2. The summed E-state index contributed by atoms with van der Waals surface area (Å²) in [5, 5.41) is 12.8. The number of aryl methyl sites for hydroxylation is 1. The molecule has 2 atom stereocenters. The monoisotopic (exact) mass is 485 g/mol. The largest absolute Gasteiger partial charge is 0.481 e. The normalized spacial score (nSPS) is 12.7. The Kier molecular flexibility index (Phi) is 7.56. The summed E-state index contributed by atoms with van der Waals surface area (Å²) in [6, 6.07) is 20.4. The van der Waals surface area contributed by atoms with Gasteiger partial charge in [-0.2, -0.15) is 0 Å². The molecule has 0 radical (unpaired) electrons. The highest BCUT2D eigenvalue weighted by molar-refractivity contribution is 5.83. The summed E-state index contributed by atoms with van der Waals surface area (Å²) >= 11 is 0. The zero-order chi connectivity index (χ0) is 25.7. The van der Waals surface area contributed by atoms with Crippen molar-refractivity contribution < 1.29 is 19.4 Å². The zero-order valence-corrected chi connectivity index (χ0v) is 20.0. The van der Waals surface area contributed by atoms with Gasteiger partial charge >= 0.3 is 5.97 Å². The number of nitrogens with zero attached hydrogens (tertiary/aromatic N) is 2. The summed E-state index contributed by atoms with van der Waals surface area (Å²) in [6.07, 6.45) is 0.993. The number of fused-ring (bicyclic) bond motifs is 1. The van der Waals surface area contributed by atoms with Gasteiger partial charge < -0.3 is 15.2 Å². The lowest BCUT2D eigenvalue weighted by atomic mass is 9.95. The number of rotatable bonds is 9. The van der Waals surface area contributed by atoms with Gasteiger partial charge in [0, 0.05) is 7.11 Å². The predicted octanol–water partition coefficient (Wildman–Crippen LogP) is 3.89. The lowest BCUT2D eigenvalue weighted by Gasteiger charge is -2.23. The van der Waals surface area contributed by atoms with Crippen molar-refractivity contribution in [3.63, 3.8) is 0 Å². The molecule has 1 heterocycles. The number of amides is 1. The van der Waals surface area contributed by atoms with E-state index in [1.165, 1.54) is 18.0 Å². The van der Waals surface area contributed by atoms with E-state index in [0.717, 1.165) is 16.7 Å². The Morgan fingerprint density at radius 2 is 1.81 bits per heavy atom. The van der Waals surface area contributed by atoms with Gasteiger partial charge in [-0.3, -0.25) is 19.0 Å². The van der Waals surface area contributed by atoms with Crippen LogP contribution in [0.15, 0.2) is 83.9 Å². The Balaban J connectivity index is 1.68. The molecule has 8 nitrogen and oxygen atoms in total. The maximum Gasteiger partial charge on any atom is 0.305 e. The van der Waals surface area contributed by atoms with Crippen LogP contribution in [0.3, 0.4) is 0 Å². The van der Waals surface area contributed by atoms with Gasteiger partial charge in [-0.25, -0.2) is 4.98 Å². The van der Waals surface area contributed by atoms with E-state index in [9.17, 15) is 19.5 Å². The summed E-state index contributed by atoms with van der Waals surface area (Å²) in [7, 11) is 1.43. The first-order valence-corrected chi connectivity index (χ1v) is 11.5. The zero-order valence-electron chi connectivity index (χ0n) is 20.0. The minimum absolute atomic E-state index is 0.0885. The molecule has 0 unspecified atom stereocenters. The van der Waals surface area contributed by atoms with E-state index in [0.29, 0.717) is 16.5 Å². The number of aliphatic carboxylic acids is 1. The smallest absolute Gasteiger partial charge is 0.305 e. The standard InChI is InChI=1S/C28H27N3O5/c1-18-8-3-4-11-21(18)19-9-7-10-20(14-19)24(15-26(32)33)30-27(34)25(16-36-2)31-17-29-23-13-6-5-12-22(23)28(31)35/h3-14,17,24-25H,15-16H2,1-2H3,(H,30,34)(H,32,33)/t24-,25+/m0/s1. The molecule has 0 saturated heterocycles. The van der Waals surface area contributed by atoms with Gasteiger partial charge in [-0.1, -0.05) is 54.6 Å². The second-order valence-corrected chi connectivity index (χ2v) is 8.54. The molecular weight excluding hydrogens is 458 g/mol. The highest BCUT2D eigenvalue weighted by Gasteiger charge is 2.27. The van der Waals surface area contributed by atoms with Crippen LogP contribution in [0.25, 0.3) is 22.0 Å². The van der Waals surface area contributed by atoms with E-state index in [4.69, 9.17) is 4.74 Å². The number of hydrogen-bond acceptors (Lipinski definition) is 5. The molecule has 3 aromatic carbocycles. The van der Waals surface area contributed by atoms with E-state index in [1.807, 2.05) is 49.4 Å². The second kappa shape index (κ2) is 11.0. The third kappa shape index (κ3) is 5.34. The van der Waals surface area contributed by atoms with Crippen molar-refractivity contribution in [3.05, 3.63) is 101 Å². The lowest BCUT2D eigenvalue weighted by Crippen LogP contribution is -2.41. The Bertz CT molecular complexity index is 1460. The molecule has 4 aromatic rings. The number of nitrogens with one attached hydrogen (secondary N) is 1. The summed E-state index contributed by atoms with van der Waals surface area (Å²) in [4.78, 5) is 42.5. The van der Waals surface area contributed by atoms with Crippen molar-refractivity contribution in [1.82, 2.24) is 14.9 Å². The van der Waals surface area contributed by atoms with E-state index >= 15 is 0 Å². The SMILES string of the molecule is COC[C@H](C(=O)N[C@@H](CC(=O)O)c1cccc(-c2ccccc2C)c1)n1cnc2ccccc2c1=O. The number of ether oxygens (including phenoxy) is 1. The molecule has 0 saturated carbocycles. The van der Waals surface area contributed by atoms with Crippen LogP contribution < -0.4 is 10.9 Å². The average molecular weight is 486 g/mol. The lowest BCUT2D eigenvalue weighted by molar-refractivity contribution is -0.138. The molecule has 0 bridgehead atoms. The Morgan fingerprint density at radius 3 is 2.56 bits per heavy atom. The summed E-state index contributed by atoms with van der Waals surface area (Å²) < 4.78 is 6.47. The first-order chi connectivity index (χ1) is 17.4. The number of carboxylic acids is 1. The summed E-state index contributed by atoms with van der Waals surface area (Å²) in [6.45, 7) is 1.91. The van der Waals surface area contributed by atoms with Crippen molar-refractivity contribution in [1.29, 1.82) is 0 Å². The van der Waals surface area contributed by atoms with Crippen LogP contribution in [0.1, 0.15) is 29.6 Å². The molecule has 1 aromatic heterocycles. The predicted molar refractivity (Wildman–Crippen MR) is 137 cm³/mol. The molecule has 0 aliphatic heterocycles. The van der Waals surface area contributed by atoms with Crippen LogP contribution in [0.5, 0.6) is 0 Å². The molecule has 0 fully saturated rings. The van der Waals surface area contributed by atoms with E-state index in [-0.39, 0.29) is 18.6 Å². The van der Waals surface area contributed by atoms with E-state index < -0.39 is 24.0 Å². The van der Waals surface area contributed by atoms with Crippen LogP contribution in [0, 0.1) is 6.92 Å². The molecule has 0 aliphatic carbocycles. The number of para-hydroxylation sites is 1. The van der Waals surface area contributed by atoms with Gasteiger partial charge in [-0.05, 0) is 47.4 Å². The average Bonchev–Trinajstić information content (AvgIpc) is 2.88. The molecule has 184 valence electrons. The summed E-state index contributed by atoms with van der Waals surface area (Å²) in [5.41, 5.74) is 3.80. The van der Waals surface area contributed by atoms with Crippen LogP contribution in [-0.4, -0.2) is 40.3 Å². The highest BCUT2D eigenvalue weighted by Crippen LogP contribution is 2.27. The Morgan fingerprint density at radius 1 is 1.06 bits per heavy atom. The van der Waals surface area contributed by atoms with Gasteiger partial charge in [0.05, 0.1) is 36.3 Å². The van der Waals surface area contributed by atoms with Gasteiger partial charge in [0.15, 0.2) is 0 Å². The molecule has 0 spiro atoms. The number of carbonyl (C=O) groups excluding carboxylic acids is 1. The van der Waals surface area contributed by atoms with Crippen LogP contribution >= 0.6 is 0 Å². The fourth-order valence-electron chi connectivity index (χ4n) is 4.26. The highest BCUT2D eigenvalue weighted by atomic mass is 16.5. The molecule has 36 heavy (non-hydrogen) atoms. The van der Waals surface area contributed by atoms with Crippen LogP contribution in [0.4, 0.5) is 0 Å². The fraction of sp³-hybridized carbons (Fsp3) is 0.214. The molecule has 2 N–H and O–H groups in total. The first-order valence-electron chi connectivity index (χ1n) is 11.5. The molecule has 0 aliphatic rings. The third-order valence-electron chi connectivity index (χ3n) is 6.09. The Hall–Kier alpha value is -4.30. The van der Waals surface area contributed by atoms with Gasteiger partial charge in [-0.15, -0.1) is 0 Å². The number of carboxylic acid groups (broad SMARTS) is 1. The van der Waals surface area contributed by atoms with E-state index in [1.54, 1.807) is 30.3 Å². The molecular formula is C28H27N3O5. The Labute approximate surface area is 208 Å². The van der Waals surface area contributed by atoms with Crippen molar-refractivity contribution in [2.45, 2.75) is 25.4 Å². The van der Waals surface area contributed by atoms with Crippen molar-refractivity contribution in [2.75, 3.05) is 13.7 Å². The topological polar surface area (TPSA) is 111 Å². The van der Waals surface area contributed by atoms with Crippen molar-refractivity contribution in [3.8, 4) is 11.1 Å². The van der Waals surface area contributed by atoms with E-state index in [2.05, 4.69) is 10.3 Å². The second-order valence-electron chi connectivity index (χ2n) is 8.54. The van der Waals surface area contributed by atoms with Gasteiger partial charge in [0.25, 0.3) is 5.56 Å². The maximum absolute atomic E-state index is 13.4. The molecule has 4 rings (SSSR count). The van der Waals surface area contributed by atoms with Gasteiger partial charge in [0.2, 0.25) is 5.91 Å². The molecule has 8 heteroatoms. The fourth-order valence-corrected chi connectivity index (χ4v) is 4.26. The minimum Gasteiger partial charge on any atom is -0.481 e. The van der Waals surface area contributed by atoms with Gasteiger partial charge in [0.1, 0.15) is 6.04 Å². The maximum atomic E-state index is 13.4. The third-order valence-corrected chi connectivity index (χ3v) is 6.09. The van der Waals surface area contributed by atoms with Crippen molar-refractivity contribution in [2.24, 2.45) is 0 Å². The summed E-state index contributed by atoms with van der Waals surface area (Å²) in [5.74, 6) is -1.60. The number of aromatic nitrogens is 2. The quantitative estimate of drug-likeness (QED) is 0.372. The number of benzene rings is 3. The van der Waals surface area contributed by atoms with Crippen LogP contribution in [0.2, 0.25) is 0 Å². The minimum atomic E-state index is -1.06. The van der Waals surface area contributed by atoms with Crippen LogP contribution in [-0.2, 0) is 14.3 Å². The molecule has 1 amide bonds. The first kappa shape index (κ1) is 24.8. The number of hydrogen-bond donors (Lipinski definition) is 2.